The van der Waals surface area contributed by atoms with E-state index in [2.05, 4.69) is 31.4 Å². The maximum absolute atomic E-state index is 13.0. The van der Waals surface area contributed by atoms with Gasteiger partial charge >= 0.3 is 0 Å². The van der Waals surface area contributed by atoms with E-state index in [1.165, 1.54) is 44.1 Å². The predicted octanol–water partition coefficient (Wildman–Crippen LogP) is 6.78. The molecule has 0 spiro atoms. The van der Waals surface area contributed by atoms with Gasteiger partial charge in [0.25, 0.3) is 5.91 Å². The highest BCUT2D eigenvalue weighted by molar-refractivity contribution is 6.04. The van der Waals surface area contributed by atoms with Crippen LogP contribution in [0.15, 0.2) is 48.5 Å². The third kappa shape index (κ3) is 4.85. The van der Waals surface area contributed by atoms with Gasteiger partial charge in [0.2, 0.25) is 5.91 Å². The number of hydrogen-bond acceptors (Lipinski definition) is 2. The molecule has 174 valence electrons. The van der Waals surface area contributed by atoms with Crippen LogP contribution < -0.4 is 10.6 Å². The highest BCUT2D eigenvalue weighted by atomic mass is 16.2. The van der Waals surface area contributed by atoms with Crippen molar-refractivity contribution in [2.45, 2.75) is 71.1 Å². The van der Waals surface area contributed by atoms with Crippen LogP contribution in [0.2, 0.25) is 0 Å². The average molecular weight is 445 g/mol. The fourth-order valence-electron chi connectivity index (χ4n) is 7.05. The summed E-state index contributed by atoms with van der Waals surface area (Å²) in [6.45, 7) is 6.47. The normalized spacial score (nSPS) is 27.9. The summed E-state index contributed by atoms with van der Waals surface area (Å²) in [5.74, 6) is 2.51. The van der Waals surface area contributed by atoms with Crippen LogP contribution in [0.3, 0.4) is 0 Å². The Kier molecular flexibility index (Phi) is 5.58. The second-order valence-electron chi connectivity index (χ2n) is 12.0. The lowest BCUT2D eigenvalue weighted by molar-refractivity contribution is -0.124. The molecule has 4 aliphatic rings. The summed E-state index contributed by atoms with van der Waals surface area (Å²) in [5.41, 5.74) is 3.53. The van der Waals surface area contributed by atoms with Crippen molar-refractivity contribution in [3.63, 3.8) is 0 Å². The van der Waals surface area contributed by atoms with Gasteiger partial charge in [-0.3, -0.25) is 9.59 Å². The molecule has 0 aromatic heterocycles. The largest absolute Gasteiger partial charge is 0.326 e. The molecule has 0 atom stereocenters. The highest BCUT2D eigenvalue weighted by Crippen LogP contribution is 2.61. The quantitative estimate of drug-likeness (QED) is 0.534. The lowest BCUT2D eigenvalue weighted by Crippen LogP contribution is -2.47. The summed E-state index contributed by atoms with van der Waals surface area (Å²) < 4.78 is 0. The lowest BCUT2D eigenvalue weighted by atomic mass is 9.49. The molecule has 4 saturated carbocycles. The first-order valence-corrected chi connectivity index (χ1v) is 12.5. The molecular formula is C29H36N2O2. The molecule has 0 saturated heterocycles. The summed E-state index contributed by atoms with van der Waals surface area (Å²) >= 11 is 0. The van der Waals surface area contributed by atoms with Gasteiger partial charge in [0.05, 0.1) is 0 Å². The standard InChI is InChI=1S/C29H36N2O2/c1-28(2,3)23-9-7-22(8-10-23)27(33)31-25-6-4-5-24(14-25)30-26(32)18-29-15-19-11-20(16-29)13-21(12-19)17-29/h4-10,14,19-21H,11-13,15-18H2,1-3H3,(H,30,32)(H,31,33). The topological polar surface area (TPSA) is 58.2 Å². The molecule has 4 fully saturated rings. The van der Waals surface area contributed by atoms with Crippen LogP contribution >= 0.6 is 0 Å². The summed E-state index contributed by atoms with van der Waals surface area (Å²) in [7, 11) is 0. The molecule has 2 aromatic carbocycles. The molecule has 0 unspecified atom stereocenters. The van der Waals surface area contributed by atoms with Gasteiger partial charge in [-0.1, -0.05) is 39.0 Å². The van der Waals surface area contributed by atoms with Crippen molar-refractivity contribution in [2.75, 3.05) is 10.6 Å². The van der Waals surface area contributed by atoms with Gasteiger partial charge < -0.3 is 10.6 Å². The van der Waals surface area contributed by atoms with Crippen LogP contribution in [0.4, 0.5) is 11.4 Å². The molecule has 4 aliphatic carbocycles. The van der Waals surface area contributed by atoms with Gasteiger partial charge in [0.1, 0.15) is 0 Å². The maximum Gasteiger partial charge on any atom is 0.255 e. The number of anilines is 2. The Morgan fingerprint density at radius 2 is 1.39 bits per heavy atom. The second kappa shape index (κ2) is 8.30. The van der Waals surface area contributed by atoms with Crippen molar-refractivity contribution in [1.82, 2.24) is 0 Å². The van der Waals surface area contributed by atoms with Crippen molar-refractivity contribution < 1.29 is 9.59 Å². The first kappa shape index (κ1) is 22.2. The minimum absolute atomic E-state index is 0.0533. The molecule has 4 nitrogen and oxygen atoms in total. The second-order valence-corrected chi connectivity index (χ2v) is 12.0. The third-order valence-electron chi connectivity index (χ3n) is 8.12. The summed E-state index contributed by atoms with van der Waals surface area (Å²) in [4.78, 5) is 25.7. The lowest BCUT2D eigenvalue weighted by Gasteiger charge is -2.56. The zero-order valence-corrected chi connectivity index (χ0v) is 20.1. The zero-order valence-electron chi connectivity index (χ0n) is 20.1. The molecule has 4 bridgehead atoms. The van der Waals surface area contributed by atoms with Gasteiger partial charge in [-0.15, -0.1) is 0 Å². The number of carbonyl (C=O) groups is 2. The van der Waals surface area contributed by atoms with E-state index in [1.807, 2.05) is 48.5 Å². The van der Waals surface area contributed by atoms with Crippen LogP contribution in [0.1, 0.15) is 81.6 Å². The molecule has 2 amide bonds. The molecule has 4 heteroatoms. The van der Waals surface area contributed by atoms with Crippen molar-refractivity contribution in [2.24, 2.45) is 23.2 Å². The molecular weight excluding hydrogens is 408 g/mol. The molecule has 33 heavy (non-hydrogen) atoms. The van der Waals surface area contributed by atoms with Crippen molar-refractivity contribution >= 4 is 23.2 Å². The van der Waals surface area contributed by atoms with Gasteiger partial charge in [-0.2, -0.15) is 0 Å². The number of nitrogens with one attached hydrogen (secondary N) is 2. The minimum Gasteiger partial charge on any atom is -0.326 e. The van der Waals surface area contributed by atoms with Crippen molar-refractivity contribution in [3.8, 4) is 0 Å². The van der Waals surface area contributed by atoms with Gasteiger partial charge in [0, 0.05) is 23.4 Å². The van der Waals surface area contributed by atoms with E-state index in [9.17, 15) is 9.59 Å². The SMILES string of the molecule is CC(C)(C)c1ccc(C(=O)Nc2cccc(NC(=O)CC34CC5CC(CC(C5)C3)C4)c2)cc1. The Labute approximate surface area is 197 Å². The minimum atomic E-state index is -0.146. The van der Waals surface area contributed by atoms with Crippen LogP contribution in [-0.4, -0.2) is 11.8 Å². The van der Waals surface area contributed by atoms with E-state index >= 15 is 0 Å². The number of amides is 2. The third-order valence-corrected chi connectivity index (χ3v) is 8.12. The first-order chi connectivity index (χ1) is 15.7. The Morgan fingerprint density at radius 3 is 1.94 bits per heavy atom. The van der Waals surface area contributed by atoms with Gasteiger partial charge in [0.15, 0.2) is 0 Å². The Morgan fingerprint density at radius 1 is 0.848 bits per heavy atom. The van der Waals surface area contributed by atoms with Crippen LogP contribution in [0.25, 0.3) is 0 Å². The molecule has 0 aliphatic heterocycles. The van der Waals surface area contributed by atoms with Gasteiger partial charge in [-0.25, -0.2) is 0 Å². The molecule has 0 heterocycles. The van der Waals surface area contributed by atoms with Crippen molar-refractivity contribution in [3.05, 3.63) is 59.7 Å². The number of rotatable bonds is 5. The van der Waals surface area contributed by atoms with E-state index in [1.54, 1.807) is 0 Å². The zero-order chi connectivity index (χ0) is 23.2. The highest BCUT2D eigenvalue weighted by Gasteiger charge is 2.51. The predicted molar refractivity (Wildman–Crippen MR) is 133 cm³/mol. The van der Waals surface area contributed by atoms with Crippen molar-refractivity contribution in [1.29, 1.82) is 0 Å². The Bertz CT molecular complexity index is 1010. The summed E-state index contributed by atoms with van der Waals surface area (Å²) in [6, 6.07) is 15.2. The van der Waals surface area contributed by atoms with E-state index in [0.29, 0.717) is 17.7 Å². The monoisotopic (exact) mass is 444 g/mol. The van der Waals surface area contributed by atoms with E-state index in [-0.39, 0.29) is 22.6 Å². The Balaban J connectivity index is 1.20. The first-order valence-electron chi connectivity index (χ1n) is 12.5. The molecule has 2 N–H and O–H groups in total. The number of carbonyl (C=O) groups excluding carboxylic acids is 2. The van der Waals surface area contributed by atoms with E-state index in [4.69, 9.17) is 0 Å². The fourth-order valence-corrected chi connectivity index (χ4v) is 7.05. The average Bonchev–Trinajstić information content (AvgIpc) is 2.72. The van der Waals surface area contributed by atoms with E-state index < -0.39 is 0 Å². The smallest absolute Gasteiger partial charge is 0.255 e. The Hall–Kier alpha value is -2.62. The number of hydrogen-bond donors (Lipinski definition) is 2. The van der Waals surface area contributed by atoms with Crippen LogP contribution in [0.5, 0.6) is 0 Å². The summed E-state index contributed by atoms with van der Waals surface area (Å²) in [6.07, 6.45) is 8.50. The molecule has 6 rings (SSSR count). The molecule has 0 radical (unpaired) electrons. The number of benzene rings is 2. The molecule has 2 aromatic rings. The van der Waals surface area contributed by atoms with E-state index in [0.717, 1.165) is 23.4 Å². The van der Waals surface area contributed by atoms with Crippen LogP contribution in [-0.2, 0) is 10.2 Å². The summed E-state index contributed by atoms with van der Waals surface area (Å²) in [5, 5.41) is 6.07. The van der Waals surface area contributed by atoms with Crippen LogP contribution in [0, 0.1) is 23.2 Å². The maximum atomic E-state index is 13.0. The fraction of sp³-hybridized carbons (Fsp3) is 0.517. The van der Waals surface area contributed by atoms with Gasteiger partial charge in [-0.05, 0) is 103 Å².